The van der Waals surface area contributed by atoms with Crippen LogP contribution in [0.4, 0.5) is 17.2 Å². The predicted molar refractivity (Wildman–Crippen MR) is 122 cm³/mol. The van der Waals surface area contributed by atoms with Gasteiger partial charge in [-0.2, -0.15) is 0 Å². The SMILES string of the molecule is CN1CCN(c2ccc(Sc3nccc(NC(=O)CN)n3)c3ccc(N)cc23)CC1. The number of carbonyl (C=O) groups is 1. The van der Waals surface area contributed by atoms with Crippen LogP contribution in [0.25, 0.3) is 10.8 Å². The first kappa shape index (κ1) is 20.4. The molecule has 5 N–H and O–H groups in total. The van der Waals surface area contributed by atoms with Crippen molar-refractivity contribution in [2.45, 2.75) is 10.1 Å². The zero-order chi connectivity index (χ0) is 21.1. The summed E-state index contributed by atoms with van der Waals surface area (Å²) in [7, 11) is 2.15. The smallest absolute Gasteiger partial charge is 0.239 e. The topological polar surface area (TPSA) is 113 Å². The standard InChI is InChI=1S/C21H25N7OS/c1-27-8-10-28(11-9-27)17-4-5-18(15-3-2-14(23)12-16(15)17)30-21-24-7-6-19(26-21)25-20(29)13-22/h2-7,12H,8-11,13,22-23H2,1H3,(H,24,25,26,29). The van der Waals surface area contributed by atoms with Crippen LogP contribution in [0.1, 0.15) is 0 Å². The lowest BCUT2D eigenvalue weighted by Crippen LogP contribution is -2.44. The average Bonchev–Trinajstić information content (AvgIpc) is 2.75. The molecule has 0 aliphatic carbocycles. The third-order valence-corrected chi connectivity index (χ3v) is 6.06. The minimum absolute atomic E-state index is 0.0910. The van der Waals surface area contributed by atoms with Crippen LogP contribution in [-0.2, 0) is 4.79 Å². The van der Waals surface area contributed by atoms with Gasteiger partial charge in [-0.3, -0.25) is 4.79 Å². The highest BCUT2D eigenvalue weighted by molar-refractivity contribution is 7.99. The molecule has 8 nitrogen and oxygen atoms in total. The van der Waals surface area contributed by atoms with Gasteiger partial charge in [0.25, 0.3) is 0 Å². The van der Waals surface area contributed by atoms with Gasteiger partial charge in [-0.1, -0.05) is 6.07 Å². The Morgan fingerprint density at radius 1 is 1.13 bits per heavy atom. The number of nitrogen functional groups attached to an aromatic ring is 1. The number of rotatable bonds is 5. The van der Waals surface area contributed by atoms with Gasteiger partial charge in [-0.05, 0) is 54.5 Å². The molecule has 4 rings (SSSR count). The minimum atomic E-state index is -0.290. The van der Waals surface area contributed by atoms with Crippen LogP contribution >= 0.6 is 11.8 Å². The van der Waals surface area contributed by atoms with E-state index in [2.05, 4.69) is 44.3 Å². The third kappa shape index (κ3) is 4.48. The fraction of sp³-hybridized carbons (Fsp3) is 0.286. The number of hydrogen-bond acceptors (Lipinski definition) is 8. The maximum absolute atomic E-state index is 11.5. The molecule has 1 fully saturated rings. The summed E-state index contributed by atoms with van der Waals surface area (Å²) in [6, 6.07) is 11.9. The third-order valence-electron chi connectivity index (χ3n) is 5.11. The number of benzene rings is 2. The van der Waals surface area contributed by atoms with E-state index in [0.717, 1.165) is 47.5 Å². The lowest BCUT2D eigenvalue weighted by molar-refractivity contribution is -0.114. The van der Waals surface area contributed by atoms with E-state index < -0.39 is 0 Å². The lowest BCUT2D eigenvalue weighted by Gasteiger charge is -2.35. The van der Waals surface area contributed by atoms with Crippen LogP contribution in [0.2, 0.25) is 0 Å². The highest BCUT2D eigenvalue weighted by Crippen LogP contribution is 2.38. The van der Waals surface area contributed by atoms with Crippen molar-refractivity contribution in [3.05, 3.63) is 42.6 Å². The lowest BCUT2D eigenvalue weighted by atomic mass is 10.1. The van der Waals surface area contributed by atoms with E-state index in [1.54, 1.807) is 12.3 Å². The number of fused-ring (bicyclic) bond motifs is 1. The number of amides is 1. The molecule has 0 bridgehead atoms. The Kier molecular flexibility index (Phi) is 6.03. The molecule has 1 saturated heterocycles. The highest BCUT2D eigenvalue weighted by Gasteiger charge is 2.18. The summed E-state index contributed by atoms with van der Waals surface area (Å²) in [5, 5.41) is 5.44. The number of nitrogens with one attached hydrogen (secondary N) is 1. The van der Waals surface area contributed by atoms with Gasteiger partial charge >= 0.3 is 0 Å². The van der Waals surface area contributed by atoms with E-state index in [1.165, 1.54) is 17.4 Å². The zero-order valence-corrected chi connectivity index (χ0v) is 17.7. The Balaban J connectivity index is 1.67. The number of nitrogens with zero attached hydrogens (tertiary/aromatic N) is 4. The normalized spacial score (nSPS) is 14.8. The van der Waals surface area contributed by atoms with Crippen LogP contribution in [0.15, 0.2) is 52.6 Å². The second kappa shape index (κ2) is 8.86. The second-order valence-electron chi connectivity index (χ2n) is 7.26. The number of carbonyl (C=O) groups excluding carboxylic acids is 1. The zero-order valence-electron chi connectivity index (χ0n) is 16.8. The largest absolute Gasteiger partial charge is 0.399 e. The summed E-state index contributed by atoms with van der Waals surface area (Å²) in [4.78, 5) is 26.1. The molecule has 156 valence electrons. The molecule has 0 spiro atoms. The van der Waals surface area contributed by atoms with Crippen molar-refractivity contribution in [2.24, 2.45) is 5.73 Å². The van der Waals surface area contributed by atoms with E-state index in [4.69, 9.17) is 11.5 Å². The Morgan fingerprint density at radius 3 is 2.70 bits per heavy atom. The van der Waals surface area contributed by atoms with Crippen molar-refractivity contribution in [3.63, 3.8) is 0 Å². The second-order valence-corrected chi connectivity index (χ2v) is 8.27. The van der Waals surface area contributed by atoms with Crippen molar-refractivity contribution < 1.29 is 4.79 Å². The summed E-state index contributed by atoms with van der Waals surface area (Å²) < 4.78 is 0. The molecule has 30 heavy (non-hydrogen) atoms. The summed E-state index contributed by atoms with van der Waals surface area (Å²) in [5.41, 5.74) is 13.4. The van der Waals surface area contributed by atoms with E-state index in [1.807, 2.05) is 18.2 Å². The molecular formula is C21H25N7OS. The first-order valence-electron chi connectivity index (χ1n) is 9.80. The molecule has 0 saturated carbocycles. The van der Waals surface area contributed by atoms with Gasteiger partial charge in [0.2, 0.25) is 5.91 Å². The number of piperazine rings is 1. The molecule has 0 unspecified atom stereocenters. The maximum atomic E-state index is 11.5. The van der Waals surface area contributed by atoms with Crippen molar-refractivity contribution in [2.75, 3.05) is 55.7 Å². The van der Waals surface area contributed by atoms with Gasteiger partial charge in [0.05, 0.1) is 6.54 Å². The van der Waals surface area contributed by atoms with Gasteiger partial charge in [0.1, 0.15) is 5.82 Å². The molecule has 0 atom stereocenters. The number of nitrogens with two attached hydrogens (primary N) is 2. The maximum Gasteiger partial charge on any atom is 0.239 e. The van der Waals surface area contributed by atoms with Crippen molar-refractivity contribution in [3.8, 4) is 0 Å². The molecule has 1 amide bonds. The number of aromatic nitrogens is 2. The van der Waals surface area contributed by atoms with E-state index >= 15 is 0 Å². The van der Waals surface area contributed by atoms with Gasteiger partial charge < -0.3 is 26.6 Å². The molecule has 2 heterocycles. The summed E-state index contributed by atoms with van der Waals surface area (Å²) in [6.45, 7) is 3.95. The van der Waals surface area contributed by atoms with Crippen LogP contribution in [-0.4, -0.2) is 60.5 Å². The molecule has 1 aromatic heterocycles. The first-order valence-corrected chi connectivity index (χ1v) is 10.6. The average molecular weight is 424 g/mol. The van der Waals surface area contributed by atoms with E-state index in [0.29, 0.717) is 11.0 Å². The molecule has 1 aliphatic rings. The molecule has 2 aromatic carbocycles. The van der Waals surface area contributed by atoms with Crippen molar-refractivity contribution in [1.29, 1.82) is 0 Å². The summed E-state index contributed by atoms with van der Waals surface area (Å²) in [5.74, 6) is 0.146. The van der Waals surface area contributed by atoms with Crippen molar-refractivity contribution >= 4 is 45.6 Å². The summed E-state index contributed by atoms with van der Waals surface area (Å²) >= 11 is 1.46. The Bertz CT molecular complexity index is 1070. The van der Waals surface area contributed by atoms with Crippen LogP contribution in [0, 0.1) is 0 Å². The van der Waals surface area contributed by atoms with Crippen LogP contribution in [0.5, 0.6) is 0 Å². The first-order chi connectivity index (χ1) is 14.5. The van der Waals surface area contributed by atoms with E-state index in [-0.39, 0.29) is 12.5 Å². The highest BCUT2D eigenvalue weighted by atomic mass is 32.2. The van der Waals surface area contributed by atoms with E-state index in [9.17, 15) is 4.79 Å². The molecule has 3 aromatic rings. The fourth-order valence-electron chi connectivity index (χ4n) is 3.49. The minimum Gasteiger partial charge on any atom is -0.399 e. The van der Waals surface area contributed by atoms with Gasteiger partial charge in [0, 0.05) is 54.0 Å². The van der Waals surface area contributed by atoms with Crippen LogP contribution < -0.4 is 21.7 Å². The number of anilines is 3. The Morgan fingerprint density at radius 2 is 1.93 bits per heavy atom. The van der Waals surface area contributed by atoms with Gasteiger partial charge in [-0.25, -0.2) is 9.97 Å². The molecule has 1 aliphatic heterocycles. The predicted octanol–water partition coefficient (Wildman–Crippen LogP) is 2.01. The van der Waals surface area contributed by atoms with Crippen LogP contribution in [0.3, 0.4) is 0 Å². The Hall–Kier alpha value is -2.88. The quantitative estimate of drug-likeness (QED) is 0.422. The molecule has 9 heteroatoms. The Labute approximate surface area is 179 Å². The van der Waals surface area contributed by atoms with Crippen molar-refractivity contribution in [1.82, 2.24) is 14.9 Å². The molecular weight excluding hydrogens is 398 g/mol. The fourth-order valence-corrected chi connectivity index (χ4v) is 4.37. The van der Waals surface area contributed by atoms with Gasteiger partial charge in [-0.15, -0.1) is 0 Å². The summed E-state index contributed by atoms with van der Waals surface area (Å²) in [6.07, 6.45) is 1.63. The monoisotopic (exact) mass is 423 g/mol. The number of hydrogen-bond donors (Lipinski definition) is 3. The van der Waals surface area contributed by atoms with Gasteiger partial charge in [0.15, 0.2) is 5.16 Å². The number of likely N-dealkylation sites (N-methyl/N-ethyl adjacent to an activating group) is 1. The molecule has 0 radical (unpaired) electrons.